The molecule has 1 N–H and O–H groups in total. The monoisotopic (exact) mass is 413 g/mol. The van der Waals surface area contributed by atoms with Crippen LogP contribution in [-0.4, -0.2) is 22.5 Å². The van der Waals surface area contributed by atoms with E-state index in [2.05, 4.69) is 10.3 Å². The summed E-state index contributed by atoms with van der Waals surface area (Å²) in [5.41, 5.74) is 1.72. The van der Waals surface area contributed by atoms with Gasteiger partial charge in [-0.2, -0.15) is 13.2 Å². The Morgan fingerprint density at radius 2 is 1.60 bits per heavy atom. The molecule has 2 aromatic carbocycles. The minimum absolute atomic E-state index is 0.200. The van der Waals surface area contributed by atoms with Crippen molar-refractivity contribution in [3.63, 3.8) is 0 Å². The van der Waals surface area contributed by atoms with Gasteiger partial charge < -0.3 is 10.2 Å². The summed E-state index contributed by atoms with van der Waals surface area (Å²) < 4.78 is 38.4. The molecule has 0 aliphatic carbocycles. The van der Waals surface area contributed by atoms with Gasteiger partial charge in [-0.3, -0.25) is 4.98 Å². The number of halogens is 3. The number of carbonyl (C=O) groups excluding carboxylic acids is 1. The zero-order chi connectivity index (χ0) is 21.4. The molecule has 1 aromatic heterocycles. The molecule has 3 aromatic rings. The average Bonchev–Trinajstić information content (AvgIpc) is 2.76. The van der Waals surface area contributed by atoms with Crippen LogP contribution in [0, 0.1) is 0 Å². The van der Waals surface area contributed by atoms with Crippen LogP contribution in [0.25, 0.3) is 0 Å². The summed E-state index contributed by atoms with van der Waals surface area (Å²) in [6.07, 6.45) is -2.16. The third kappa shape index (κ3) is 6.34. The minimum atomic E-state index is -4.38. The highest BCUT2D eigenvalue weighted by Crippen LogP contribution is 2.29. The van der Waals surface area contributed by atoms with Gasteiger partial charge >= 0.3 is 12.2 Å². The largest absolute Gasteiger partial charge is 0.416 e. The second-order valence-electron chi connectivity index (χ2n) is 6.83. The molecule has 7 heteroatoms. The first-order valence-electron chi connectivity index (χ1n) is 9.54. The second kappa shape index (κ2) is 9.91. The van der Waals surface area contributed by atoms with E-state index < -0.39 is 11.7 Å². The van der Waals surface area contributed by atoms with Gasteiger partial charge in [-0.05, 0) is 35.4 Å². The fourth-order valence-corrected chi connectivity index (χ4v) is 2.95. The summed E-state index contributed by atoms with van der Waals surface area (Å²) in [5.74, 6) is 0. The Kier molecular flexibility index (Phi) is 7.06. The van der Waals surface area contributed by atoms with E-state index in [1.165, 1.54) is 12.1 Å². The quantitative estimate of drug-likeness (QED) is 0.589. The molecule has 0 aliphatic heterocycles. The molecule has 0 unspecified atom stereocenters. The molecule has 0 bridgehead atoms. The molecule has 0 saturated carbocycles. The van der Waals surface area contributed by atoms with Gasteiger partial charge in [-0.1, -0.05) is 48.5 Å². The normalized spacial score (nSPS) is 11.2. The molecule has 2 amide bonds. The van der Waals surface area contributed by atoms with E-state index in [1.54, 1.807) is 11.1 Å². The third-order valence-corrected chi connectivity index (χ3v) is 4.59. The number of rotatable bonds is 7. The molecule has 4 nitrogen and oxygen atoms in total. The number of aromatic nitrogens is 1. The van der Waals surface area contributed by atoms with Crippen LogP contribution in [0.1, 0.15) is 22.4 Å². The SMILES string of the molecule is O=C(NCc1ccccc1)N(CCc1ccccn1)Cc1ccc(C(F)(F)F)cc1. The van der Waals surface area contributed by atoms with E-state index in [4.69, 9.17) is 0 Å². The maximum absolute atomic E-state index is 12.8. The molecule has 0 fully saturated rings. The molecule has 0 saturated heterocycles. The van der Waals surface area contributed by atoms with Gasteiger partial charge in [0.05, 0.1) is 5.56 Å². The van der Waals surface area contributed by atoms with E-state index in [1.807, 2.05) is 48.5 Å². The summed E-state index contributed by atoms with van der Waals surface area (Å²) in [5, 5.41) is 2.88. The fourth-order valence-electron chi connectivity index (χ4n) is 2.95. The van der Waals surface area contributed by atoms with Crippen molar-refractivity contribution in [1.82, 2.24) is 15.2 Å². The Morgan fingerprint density at radius 1 is 0.900 bits per heavy atom. The number of nitrogens with one attached hydrogen (secondary N) is 1. The number of amides is 2. The Morgan fingerprint density at radius 3 is 2.23 bits per heavy atom. The van der Waals surface area contributed by atoms with Crippen LogP contribution in [0.15, 0.2) is 79.0 Å². The predicted molar refractivity (Wildman–Crippen MR) is 108 cm³/mol. The first kappa shape index (κ1) is 21.4. The molecular formula is C23H22F3N3O. The number of hydrogen-bond acceptors (Lipinski definition) is 2. The van der Waals surface area contributed by atoms with Crippen molar-refractivity contribution in [2.75, 3.05) is 6.54 Å². The van der Waals surface area contributed by atoms with Gasteiger partial charge in [0.2, 0.25) is 0 Å². The average molecular weight is 413 g/mol. The Bertz CT molecular complexity index is 929. The number of pyridine rings is 1. The molecule has 0 atom stereocenters. The molecule has 156 valence electrons. The first-order chi connectivity index (χ1) is 14.4. The number of nitrogens with zero attached hydrogens (tertiary/aromatic N) is 2. The van der Waals surface area contributed by atoms with Gasteiger partial charge in [0.1, 0.15) is 0 Å². The zero-order valence-electron chi connectivity index (χ0n) is 16.3. The van der Waals surface area contributed by atoms with Crippen LogP contribution >= 0.6 is 0 Å². The van der Waals surface area contributed by atoms with Gasteiger partial charge in [-0.25, -0.2) is 4.79 Å². The smallest absolute Gasteiger partial charge is 0.334 e. The van der Waals surface area contributed by atoms with E-state index in [-0.39, 0.29) is 12.6 Å². The van der Waals surface area contributed by atoms with Crippen molar-refractivity contribution in [3.05, 3.63) is 101 Å². The molecular weight excluding hydrogens is 391 g/mol. The van der Waals surface area contributed by atoms with Crippen LogP contribution in [0.5, 0.6) is 0 Å². The lowest BCUT2D eigenvalue weighted by Crippen LogP contribution is -2.40. The highest BCUT2D eigenvalue weighted by molar-refractivity contribution is 5.74. The van der Waals surface area contributed by atoms with E-state index in [0.29, 0.717) is 25.1 Å². The highest BCUT2D eigenvalue weighted by Gasteiger charge is 2.30. The van der Waals surface area contributed by atoms with Crippen molar-refractivity contribution >= 4 is 6.03 Å². The van der Waals surface area contributed by atoms with Crippen LogP contribution in [-0.2, 0) is 25.7 Å². The van der Waals surface area contributed by atoms with Crippen molar-refractivity contribution < 1.29 is 18.0 Å². The second-order valence-corrected chi connectivity index (χ2v) is 6.83. The lowest BCUT2D eigenvalue weighted by molar-refractivity contribution is -0.137. The molecule has 1 heterocycles. The maximum Gasteiger partial charge on any atom is 0.416 e. The molecule has 0 spiro atoms. The van der Waals surface area contributed by atoms with Gasteiger partial charge in [0.25, 0.3) is 0 Å². The molecule has 3 rings (SSSR count). The minimum Gasteiger partial charge on any atom is -0.334 e. The standard InChI is InChI=1S/C23H22F3N3O/c24-23(25,26)20-11-9-19(10-12-20)17-29(15-13-21-8-4-5-14-27-21)22(30)28-16-18-6-2-1-3-7-18/h1-12,14H,13,15-17H2,(H,28,30). The lowest BCUT2D eigenvalue weighted by atomic mass is 10.1. The summed E-state index contributed by atoms with van der Waals surface area (Å²) in [6.45, 7) is 0.955. The fraction of sp³-hybridized carbons (Fsp3) is 0.217. The summed E-state index contributed by atoms with van der Waals surface area (Å²) in [7, 11) is 0. The maximum atomic E-state index is 12.8. The van der Waals surface area contributed by atoms with Crippen molar-refractivity contribution in [2.24, 2.45) is 0 Å². The number of urea groups is 1. The van der Waals surface area contributed by atoms with E-state index >= 15 is 0 Å². The number of carbonyl (C=O) groups is 1. The van der Waals surface area contributed by atoms with Crippen molar-refractivity contribution in [2.45, 2.75) is 25.7 Å². The number of hydrogen-bond donors (Lipinski definition) is 1. The number of alkyl halides is 3. The Hall–Kier alpha value is -3.35. The van der Waals surface area contributed by atoms with Crippen molar-refractivity contribution in [3.8, 4) is 0 Å². The van der Waals surface area contributed by atoms with Crippen molar-refractivity contribution in [1.29, 1.82) is 0 Å². The Balaban J connectivity index is 1.68. The molecule has 30 heavy (non-hydrogen) atoms. The first-order valence-corrected chi connectivity index (χ1v) is 9.54. The zero-order valence-corrected chi connectivity index (χ0v) is 16.3. The summed E-state index contributed by atoms with van der Waals surface area (Å²) in [4.78, 5) is 18.6. The molecule has 0 aliphatic rings. The van der Waals surface area contributed by atoms with Gasteiger partial charge in [0.15, 0.2) is 0 Å². The topological polar surface area (TPSA) is 45.2 Å². The van der Waals surface area contributed by atoms with Crippen LogP contribution in [0.4, 0.5) is 18.0 Å². The van der Waals surface area contributed by atoms with E-state index in [9.17, 15) is 18.0 Å². The van der Waals surface area contributed by atoms with Gasteiger partial charge in [0, 0.05) is 37.9 Å². The number of benzene rings is 2. The third-order valence-electron chi connectivity index (χ3n) is 4.59. The van der Waals surface area contributed by atoms with Crippen LogP contribution in [0.2, 0.25) is 0 Å². The van der Waals surface area contributed by atoms with Crippen LogP contribution in [0.3, 0.4) is 0 Å². The predicted octanol–water partition coefficient (Wildman–Crippen LogP) is 5.05. The summed E-state index contributed by atoms with van der Waals surface area (Å²) in [6, 6.07) is 19.7. The molecule has 0 radical (unpaired) electrons. The van der Waals surface area contributed by atoms with Crippen LogP contribution < -0.4 is 5.32 Å². The summed E-state index contributed by atoms with van der Waals surface area (Å²) >= 11 is 0. The lowest BCUT2D eigenvalue weighted by Gasteiger charge is -2.23. The van der Waals surface area contributed by atoms with Gasteiger partial charge in [-0.15, -0.1) is 0 Å². The Labute approximate surface area is 173 Å². The van der Waals surface area contributed by atoms with E-state index in [0.717, 1.165) is 23.4 Å². The highest BCUT2D eigenvalue weighted by atomic mass is 19.4.